The van der Waals surface area contributed by atoms with Crippen molar-refractivity contribution in [3.63, 3.8) is 0 Å². The number of halogens is 3. The minimum Gasteiger partial charge on any atom is -0.355 e. The first kappa shape index (κ1) is 23.3. The lowest BCUT2D eigenvalue weighted by Gasteiger charge is -2.30. The Hall–Kier alpha value is -0.990. The number of aryl methyl sites for hydroxylation is 1. The van der Waals surface area contributed by atoms with Gasteiger partial charge in [-0.05, 0) is 29.7 Å². The first-order valence-electron chi connectivity index (χ1n) is 9.20. The summed E-state index contributed by atoms with van der Waals surface area (Å²) in [4.78, 5) is 6.80. The van der Waals surface area contributed by atoms with E-state index in [0.29, 0.717) is 22.5 Å². The predicted octanol–water partition coefficient (Wildman–Crippen LogP) is 4.69. The Balaban J connectivity index is 0.00000280. The Morgan fingerprint density at radius 1 is 1.32 bits per heavy atom. The van der Waals surface area contributed by atoms with Crippen LogP contribution in [0.25, 0.3) is 0 Å². The molecule has 0 saturated carbocycles. The highest BCUT2D eigenvalue weighted by Gasteiger charge is 2.30. The van der Waals surface area contributed by atoms with Gasteiger partial charge in [0.05, 0.1) is 6.20 Å². The van der Waals surface area contributed by atoms with Gasteiger partial charge in [0.25, 0.3) is 0 Å². The summed E-state index contributed by atoms with van der Waals surface area (Å²) in [6, 6.07) is 5.65. The molecule has 1 aromatic heterocycles. The molecule has 1 fully saturated rings. The first-order chi connectivity index (χ1) is 12.8. The van der Waals surface area contributed by atoms with E-state index in [1.54, 1.807) is 0 Å². The van der Waals surface area contributed by atoms with Crippen LogP contribution in [-0.4, -0.2) is 47.3 Å². The second kappa shape index (κ2) is 9.67. The summed E-state index contributed by atoms with van der Waals surface area (Å²) in [6.07, 6.45) is 5.17. The molecule has 0 amide bonds. The second-order valence-corrected chi connectivity index (χ2v) is 8.57. The van der Waals surface area contributed by atoms with Gasteiger partial charge in [0.15, 0.2) is 5.96 Å². The zero-order valence-corrected chi connectivity index (χ0v) is 20.6. The molecule has 5 nitrogen and oxygen atoms in total. The first-order valence-corrected chi connectivity index (χ1v) is 9.96. The quantitative estimate of drug-likeness (QED) is 0.351. The molecular weight excluding hydrogens is 508 g/mol. The summed E-state index contributed by atoms with van der Waals surface area (Å²) < 4.78 is 1.86. The zero-order valence-electron chi connectivity index (χ0n) is 16.7. The lowest BCUT2D eigenvalue weighted by molar-refractivity contribution is 0.454. The maximum Gasteiger partial charge on any atom is 0.193 e. The molecule has 1 saturated heterocycles. The summed E-state index contributed by atoms with van der Waals surface area (Å²) in [7, 11) is 3.79. The van der Waals surface area contributed by atoms with Gasteiger partial charge in [-0.15, -0.1) is 24.0 Å². The maximum atomic E-state index is 6.42. The lowest BCUT2D eigenvalue weighted by Crippen LogP contribution is -2.45. The molecule has 2 aromatic rings. The van der Waals surface area contributed by atoms with Gasteiger partial charge in [0.1, 0.15) is 0 Å². The number of aliphatic imine (C=N–C) groups is 1. The van der Waals surface area contributed by atoms with E-state index in [0.717, 1.165) is 31.0 Å². The Morgan fingerprint density at radius 2 is 2.00 bits per heavy atom. The van der Waals surface area contributed by atoms with Gasteiger partial charge in [-0.1, -0.05) is 43.1 Å². The minimum atomic E-state index is -0.228. The number of hydrogen-bond donors (Lipinski definition) is 1. The van der Waals surface area contributed by atoms with E-state index in [4.69, 9.17) is 23.2 Å². The van der Waals surface area contributed by atoms with E-state index in [2.05, 4.69) is 40.4 Å². The number of nitrogens with zero attached hydrogens (tertiary/aromatic N) is 4. The van der Waals surface area contributed by atoms with Crippen LogP contribution < -0.4 is 5.32 Å². The molecule has 1 aliphatic rings. The summed E-state index contributed by atoms with van der Waals surface area (Å²) in [5.41, 5.74) is 2.03. The highest BCUT2D eigenvalue weighted by molar-refractivity contribution is 14.0. The summed E-state index contributed by atoms with van der Waals surface area (Å²) >= 11 is 12.8. The van der Waals surface area contributed by atoms with Gasteiger partial charge in [-0.25, -0.2) is 0 Å². The van der Waals surface area contributed by atoms with Crippen LogP contribution in [0.15, 0.2) is 35.6 Å². The average molecular weight is 536 g/mol. The fourth-order valence-corrected chi connectivity index (χ4v) is 4.65. The van der Waals surface area contributed by atoms with E-state index in [-0.39, 0.29) is 29.4 Å². The molecule has 0 aliphatic carbocycles. The molecule has 1 aromatic carbocycles. The second-order valence-electron chi connectivity index (χ2n) is 7.76. The highest BCUT2D eigenvalue weighted by Crippen LogP contribution is 2.35. The van der Waals surface area contributed by atoms with Gasteiger partial charge < -0.3 is 10.2 Å². The van der Waals surface area contributed by atoms with E-state index in [1.165, 1.54) is 5.56 Å². The van der Waals surface area contributed by atoms with Crippen LogP contribution >= 0.6 is 47.2 Å². The topological polar surface area (TPSA) is 45.5 Å². The monoisotopic (exact) mass is 535 g/mol. The van der Waals surface area contributed by atoms with Crippen molar-refractivity contribution in [2.75, 3.05) is 26.7 Å². The third-order valence-electron chi connectivity index (χ3n) is 5.22. The van der Waals surface area contributed by atoms with Gasteiger partial charge in [0.2, 0.25) is 0 Å². The predicted molar refractivity (Wildman–Crippen MR) is 128 cm³/mol. The number of nitrogens with one attached hydrogen (secondary N) is 1. The third-order valence-corrected chi connectivity index (χ3v) is 5.85. The van der Waals surface area contributed by atoms with Gasteiger partial charge in [-0.3, -0.25) is 9.67 Å². The number of likely N-dealkylation sites (tertiary alicyclic amines) is 1. The number of benzene rings is 1. The highest BCUT2D eigenvalue weighted by atomic mass is 127. The summed E-state index contributed by atoms with van der Waals surface area (Å²) in [5, 5.41) is 9.21. The van der Waals surface area contributed by atoms with Crippen LogP contribution in [-0.2, 0) is 12.5 Å². The Morgan fingerprint density at radius 3 is 2.57 bits per heavy atom. The number of hydrogen-bond acceptors (Lipinski definition) is 2. The van der Waals surface area contributed by atoms with Crippen LogP contribution in [0.4, 0.5) is 0 Å². The summed E-state index contributed by atoms with van der Waals surface area (Å²) in [6.45, 7) is 6.90. The van der Waals surface area contributed by atoms with Crippen LogP contribution in [0, 0.1) is 0 Å². The van der Waals surface area contributed by atoms with E-state index < -0.39 is 0 Å². The fraction of sp³-hybridized carbons (Fsp3) is 0.500. The van der Waals surface area contributed by atoms with E-state index in [1.807, 2.05) is 43.2 Å². The van der Waals surface area contributed by atoms with E-state index in [9.17, 15) is 0 Å². The molecule has 2 heterocycles. The van der Waals surface area contributed by atoms with Gasteiger partial charge >= 0.3 is 0 Å². The molecule has 0 spiro atoms. The molecule has 1 aliphatic heterocycles. The average Bonchev–Trinajstić information content (AvgIpc) is 3.24. The van der Waals surface area contributed by atoms with Crippen molar-refractivity contribution in [3.05, 3.63) is 51.8 Å². The molecule has 154 valence electrons. The number of aromatic nitrogens is 2. The largest absolute Gasteiger partial charge is 0.355 e. The van der Waals surface area contributed by atoms with Gasteiger partial charge in [0, 0.05) is 61.3 Å². The summed E-state index contributed by atoms with van der Waals surface area (Å²) in [5.74, 6) is 1.40. The molecule has 0 radical (unpaired) electrons. The van der Waals surface area contributed by atoms with Gasteiger partial charge in [-0.2, -0.15) is 5.10 Å². The lowest BCUT2D eigenvalue weighted by atomic mass is 9.84. The molecule has 1 N–H and O–H groups in total. The molecular formula is C20H28Cl2IN5. The molecule has 1 atom stereocenters. The standard InChI is InChI=1S/C20H27Cl2N5.HI/c1-20(2,18-16(21)6-5-7-17(18)22)13-24-19(23-3)27-9-8-14(12-27)15-10-25-26(4)11-15;/h5-7,10-11,14H,8-9,12-13H2,1-4H3,(H,23,24);1H. The maximum absolute atomic E-state index is 6.42. The van der Waals surface area contributed by atoms with Crippen LogP contribution in [0.3, 0.4) is 0 Å². The van der Waals surface area contributed by atoms with Crippen molar-refractivity contribution in [1.29, 1.82) is 0 Å². The third kappa shape index (κ3) is 5.13. The minimum absolute atomic E-state index is 0. The fourth-order valence-electron chi connectivity index (χ4n) is 3.74. The van der Waals surface area contributed by atoms with Crippen LogP contribution in [0.1, 0.15) is 37.3 Å². The smallest absolute Gasteiger partial charge is 0.193 e. The van der Waals surface area contributed by atoms with Crippen molar-refractivity contribution in [2.24, 2.45) is 12.0 Å². The Kier molecular flexibility index (Phi) is 8.05. The normalized spacial score (nSPS) is 17.6. The molecule has 1 unspecified atom stereocenters. The van der Waals surface area contributed by atoms with Crippen LogP contribution in [0.2, 0.25) is 10.0 Å². The van der Waals surface area contributed by atoms with Crippen LogP contribution in [0.5, 0.6) is 0 Å². The van der Waals surface area contributed by atoms with Crippen molar-refractivity contribution in [1.82, 2.24) is 20.0 Å². The van der Waals surface area contributed by atoms with Crippen molar-refractivity contribution >= 4 is 53.1 Å². The van der Waals surface area contributed by atoms with Crippen molar-refractivity contribution in [3.8, 4) is 0 Å². The SMILES string of the molecule is CN=C(NCC(C)(C)c1c(Cl)cccc1Cl)N1CCC(c2cnn(C)c2)C1.I. The Bertz CT molecular complexity index is 814. The zero-order chi connectivity index (χ0) is 19.6. The van der Waals surface area contributed by atoms with Crippen molar-refractivity contribution in [2.45, 2.75) is 31.6 Å². The molecule has 3 rings (SSSR count). The number of rotatable bonds is 4. The molecule has 8 heteroatoms. The molecule has 28 heavy (non-hydrogen) atoms. The Labute approximate surface area is 194 Å². The number of guanidine groups is 1. The molecule has 0 bridgehead atoms. The van der Waals surface area contributed by atoms with E-state index >= 15 is 0 Å². The van der Waals surface area contributed by atoms with Crippen molar-refractivity contribution < 1.29 is 0 Å².